The fraction of sp³-hybridized carbons (Fsp3) is 0.667. The maximum Gasteiger partial charge on any atom is 0.244 e. The van der Waals surface area contributed by atoms with E-state index in [4.69, 9.17) is 24.7 Å². The molecule has 1 aromatic rings. The summed E-state index contributed by atoms with van der Waals surface area (Å²) in [6.07, 6.45) is 1.34. The van der Waals surface area contributed by atoms with E-state index in [2.05, 4.69) is 9.97 Å². The van der Waals surface area contributed by atoms with Gasteiger partial charge in [-0.15, -0.1) is 0 Å². The fourth-order valence-corrected chi connectivity index (χ4v) is 1.24. The minimum absolute atomic E-state index is 0.0116. The van der Waals surface area contributed by atoms with Gasteiger partial charge in [0.15, 0.2) is 5.69 Å². The molecule has 0 saturated heterocycles. The maximum absolute atomic E-state index is 5.86. The second-order valence-electron chi connectivity index (χ2n) is 4.02. The Hall–Kier alpha value is -1.60. The Bertz CT molecular complexity index is 374. The second-order valence-corrected chi connectivity index (χ2v) is 4.02. The lowest BCUT2D eigenvalue weighted by molar-refractivity contribution is 0.0537. The van der Waals surface area contributed by atoms with Gasteiger partial charge in [-0.25, -0.2) is 0 Å². The third-order valence-corrected chi connectivity index (χ3v) is 2.06. The van der Waals surface area contributed by atoms with Crippen molar-refractivity contribution in [2.45, 2.75) is 20.0 Å². The Morgan fingerprint density at radius 2 is 1.79 bits per heavy atom. The molecule has 19 heavy (non-hydrogen) atoms. The highest BCUT2D eigenvalue weighted by Crippen LogP contribution is 2.27. The first-order valence-electron chi connectivity index (χ1n) is 6.11. The molecule has 0 bridgehead atoms. The van der Waals surface area contributed by atoms with E-state index < -0.39 is 0 Å². The van der Waals surface area contributed by atoms with Crippen molar-refractivity contribution >= 4 is 5.69 Å². The van der Waals surface area contributed by atoms with Crippen molar-refractivity contribution in [2.24, 2.45) is 0 Å². The molecule has 1 rings (SSSR count). The lowest BCUT2D eigenvalue weighted by Gasteiger charge is -2.13. The number of hydrogen-bond acceptors (Lipinski definition) is 7. The molecule has 0 saturated carbocycles. The summed E-state index contributed by atoms with van der Waals surface area (Å²) in [5, 5.41) is 0. The zero-order valence-electron chi connectivity index (χ0n) is 11.6. The van der Waals surface area contributed by atoms with Crippen molar-refractivity contribution in [1.29, 1.82) is 0 Å². The second kappa shape index (κ2) is 8.49. The standard InChI is InChI=1S/C12H21N3O4/c1-9(2)19-12-10(13)11(14-8-15-12)18-7-6-17-5-4-16-3/h8-9H,4-7,13H2,1-3H3. The van der Waals surface area contributed by atoms with Crippen molar-refractivity contribution in [3.63, 3.8) is 0 Å². The molecule has 0 amide bonds. The van der Waals surface area contributed by atoms with E-state index in [0.29, 0.717) is 43.9 Å². The lowest BCUT2D eigenvalue weighted by atomic mass is 10.4. The summed E-state index contributed by atoms with van der Waals surface area (Å²) in [7, 11) is 1.62. The normalized spacial score (nSPS) is 10.7. The molecule has 0 radical (unpaired) electrons. The highest BCUT2D eigenvalue weighted by atomic mass is 16.5. The van der Waals surface area contributed by atoms with Crippen molar-refractivity contribution < 1.29 is 18.9 Å². The van der Waals surface area contributed by atoms with Gasteiger partial charge in [0.05, 0.1) is 25.9 Å². The number of anilines is 1. The molecule has 0 aromatic carbocycles. The smallest absolute Gasteiger partial charge is 0.244 e. The van der Waals surface area contributed by atoms with Gasteiger partial charge in [0, 0.05) is 7.11 Å². The topological polar surface area (TPSA) is 88.7 Å². The molecule has 0 spiro atoms. The number of aromatic nitrogens is 2. The van der Waals surface area contributed by atoms with Crippen LogP contribution in [0, 0.1) is 0 Å². The van der Waals surface area contributed by atoms with E-state index in [1.54, 1.807) is 7.11 Å². The first-order valence-corrected chi connectivity index (χ1v) is 6.11. The number of rotatable bonds is 9. The molecule has 108 valence electrons. The third-order valence-electron chi connectivity index (χ3n) is 2.06. The van der Waals surface area contributed by atoms with Gasteiger partial charge in [-0.1, -0.05) is 0 Å². The Labute approximate surface area is 113 Å². The molecule has 0 fully saturated rings. The summed E-state index contributed by atoms with van der Waals surface area (Å²) in [5.41, 5.74) is 6.16. The van der Waals surface area contributed by atoms with Crippen LogP contribution in [0.5, 0.6) is 11.8 Å². The van der Waals surface area contributed by atoms with Crippen LogP contribution in [0.15, 0.2) is 6.33 Å². The van der Waals surface area contributed by atoms with Crippen LogP contribution in [-0.4, -0.2) is 49.6 Å². The molecule has 0 aliphatic heterocycles. The Balaban J connectivity index is 2.41. The summed E-state index contributed by atoms with van der Waals surface area (Å²) >= 11 is 0. The molecular weight excluding hydrogens is 250 g/mol. The monoisotopic (exact) mass is 271 g/mol. The molecule has 2 N–H and O–H groups in total. The number of ether oxygens (including phenoxy) is 4. The van der Waals surface area contributed by atoms with Gasteiger partial charge in [0.1, 0.15) is 12.9 Å². The quantitative estimate of drug-likeness (QED) is 0.667. The molecule has 1 aromatic heterocycles. The summed E-state index contributed by atoms with van der Waals surface area (Å²) in [4.78, 5) is 7.92. The third kappa shape index (κ3) is 5.71. The van der Waals surface area contributed by atoms with Crippen molar-refractivity contribution in [1.82, 2.24) is 9.97 Å². The van der Waals surface area contributed by atoms with E-state index in [1.807, 2.05) is 13.8 Å². The van der Waals surface area contributed by atoms with Gasteiger partial charge in [0.2, 0.25) is 11.8 Å². The molecule has 0 aliphatic carbocycles. The molecule has 0 atom stereocenters. The number of nitrogens with two attached hydrogens (primary N) is 1. The number of hydrogen-bond donors (Lipinski definition) is 1. The van der Waals surface area contributed by atoms with Gasteiger partial charge >= 0.3 is 0 Å². The average Bonchev–Trinajstić information content (AvgIpc) is 2.37. The predicted octanol–water partition coefficient (Wildman–Crippen LogP) is 0.888. The van der Waals surface area contributed by atoms with Gasteiger partial charge < -0.3 is 24.7 Å². The number of nitrogens with zero attached hydrogens (tertiary/aromatic N) is 2. The van der Waals surface area contributed by atoms with Crippen molar-refractivity contribution in [3.8, 4) is 11.8 Å². The van der Waals surface area contributed by atoms with Crippen molar-refractivity contribution in [3.05, 3.63) is 6.33 Å². The van der Waals surface area contributed by atoms with Gasteiger partial charge in [-0.05, 0) is 13.8 Å². The van der Waals surface area contributed by atoms with Gasteiger partial charge in [-0.2, -0.15) is 9.97 Å². The van der Waals surface area contributed by atoms with Crippen LogP contribution >= 0.6 is 0 Å². The van der Waals surface area contributed by atoms with Crippen LogP contribution in [-0.2, 0) is 9.47 Å². The Morgan fingerprint density at radius 1 is 1.11 bits per heavy atom. The fourth-order valence-electron chi connectivity index (χ4n) is 1.24. The van der Waals surface area contributed by atoms with Crippen LogP contribution in [0.2, 0.25) is 0 Å². The molecule has 0 aliphatic rings. The Kier molecular flexibility index (Phi) is 6.91. The van der Waals surface area contributed by atoms with Gasteiger partial charge in [-0.3, -0.25) is 0 Å². The zero-order valence-corrected chi connectivity index (χ0v) is 11.6. The summed E-state index contributed by atoms with van der Waals surface area (Å²) < 4.78 is 21.0. The van der Waals surface area contributed by atoms with Crippen LogP contribution in [0.3, 0.4) is 0 Å². The van der Waals surface area contributed by atoms with E-state index in [-0.39, 0.29) is 6.10 Å². The Morgan fingerprint density at radius 3 is 2.47 bits per heavy atom. The summed E-state index contributed by atoms with van der Waals surface area (Å²) in [6.45, 7) is 5.67. The van der Waals surface area contributed by atoms with E-state index in [0.717, 1.165) is 0 Å². The maximum atomic E-state index is 5.86. The first-order chi connectivity index (χ1) is 9.15. The molecule has 0 unspecified atom stereocenters. The van der Waals surface area contributed by atoms with Crippen molar-refractivity contribution in [2.75, 3.05) is 39.3 Å². The summed E-state index contributed by atoms with van der Waals surface area (Å²) in [6, 6.07) is 0. The van der Waals surface area contributed by atoms with Crippen LogP contribution in [0.4, 0.5) is 5.69 Å². The number of nitrogen functional groups attached to an aromatic ring is 1. The van der Waals surface area contributed by atoms with Gasteiger partial charge in [0.25, 0.3) is 0 Å². The molecule has 1 heterocycles. The molecule has 7 nitrogen and oxygen atoms in total. The zero-order chi connectivity index (χ0) is 14.1. The minimum Gasteiger partial charge on any atom is -0.474 e. The average molecular weight is 271 g/mol. The predicted molar refractivity (Wildman–Crippen MR) is 70.4 cm³/mol. The highest BCUT2D eigenvalue weighted by Gasteiger charge is 2.11. The largest absolute Gasteiger partial charge is 0.474 e. The van der Waals surface area contributed by atoms with Crippen LogP contribution < -0.4 is 15.2 Å². The van der Waals surface area contributed by atoms with Crippen LogP contribution in [0.25, 0.3) is 0 Å². The van der Waals surface area contributed by atoms with E-state index in [9.17, 15) is 0 Å². The highest BCUT2D eigenvalue weighted by molar-refractivity contribution is 5.55. The van der Waals surface area contributed by atoms with E-state index in [1.165, 1.54) is 6.33 Å². The van der Waals surface area contributed by atoms with Crippen LogP contribution in [0.1, 0.15) is 13.8 Å². The first kappa shape index (κ1) is 15.5. The lowest BCUT2D eigenvalue weighted by Crippen LogP contribution is -2.13. The summed E-state index contributed by atoms with van der Waals surface area (Å²) in [5.74, 6) is 0.640. The number of methoxy groups -OCH3 is 1. The minimum atomic E-state index is -0.0116. The van der Waals surface area contributed by atoms with E-state index >= 15 is 0 Å². The SMILES string of the molecule is COCCOCCOc1ncnc(OC(C)C)c1N. The molecular formula is C12H21N3O4. The molecule has 7 heteroatoms.